The van der Waals surface area contributed by atoms with Gasteiger partial charge >= 0.3 is 0 Å². The number of aliphatic hydroxyl groups excluding tert-OH is 1. The Morgan fingerprint density at radius 3 is 2.64 bits per heavy atom. The molecule has 0 spiro atoms. The molecule has 0 unspecified atom stereocenters. The summed E-state index contributed by atoms with van der Waals surface area (Å²) in [5, 5.41) is 8.51. The Balaban J connectivity index is 4.02. The van der Waals surface area contributed by atoms with E-state index in [1.807, 2.05) is 0 Å². The largest absolute Gasteiger partial charge is 0.395 e. The van der Waals surface area contributed by atoms with E-state index in [1.165, 1.54) is 6.08 Å². The number of rotatable bonds is 5. The van der Waals surface area contributed by atoms with Gasteiger partial charge in [0, 0.05) is 6.04 Å². The molecule has 2 N–H and O–H groups in total. The molecule has 0 heterocycles. The Morgan fingerprint density at radius 1 is 1.73 bits per heavy atom. The summed E-state index contributed by atoms with van der Waals surface area (Å²) in [7, 11) is -3.27. The summed E-state index contributed by atoms with van der Waals surface area (Å²) in [5.74, 6) is -0.114. The highest BCUT2D eigenvalue weighted by Gasteiger charge is 2.10. The lowest BCUT2D eigenvalue weighted by Gasteiger charge is -2.09. The van der Waals surface area contributed by atoms with Crippen LogP contribution in [0.25, 0.3) is 0 Å². The number of nitrogens with one attached hydrogen (secondary N) is 1. The van der Waals surface area contributed by atoms with Crippen LogP contribution in [0.2, 0.25) is 0 Å². The number of aliphatic hydroxyl groups is 1. The van der Waals surface area contributed by atoms with Crippen molar-refractivity contribution in [2.45, 2.75) is 13.0 Å². The zero-order valence-corrected chi connectivity index (χ0v) is 7.26. The van der Waals surface area contributed by atoms with Gasteiger partial charge in [-0.2, -0.15) is 0 Å². The summed E-state index contributed by atoms with van der Waals surface area (Å²) < 4.78 is 24.1. The molecule has 0 radical (unpaired) electrons. The van der Waals surface area contributed by atoms with Crippen molar-refractivity contribution in [2.24, 2.45) is 0 Å². The van der Waals surface area contributed by atoms with Crippen molar-refractivity contribution in [3.63, 3.8) is 0 Å². The van der Waals surface area contributed by atoms with E-state index in [0.29, 0.717) is 0 Å². The molecule has 0 saturated heterocycles. The molecule has 0 aliphatic heterocycles. The third kappa shape index (κ3) is 4.94. The van der Waals surface area contributed by atoms with Crippen molar-refractivity contribution in [3.8, 4) is 0 Å². The van der Waals surface area contributed by atoms with Crippen molar-refractivity contribution in [3.05, 3.63) is 12.7 Å². The minimum Gasteiger partial charge on any atom is -0.395 e. The van der Waals surface area contributed by atoms with Crippen LogP contribution in [0, 0.1) is 0 Å². The minimum absolute atomic E-state index is 0.114. The van der Waals surface area contributed by atoms with Crippen LogP contribution >= 0.6 is 0 Å². The van der Waals surface area contributed by atoms with Crippen molar-refractivity contribution in [1.29, 1.82) is 0 Å². The van der Waals surface area contributed by atoms with Crippen LogP contribution in [0.15, 0.2) is 12.7 Å². The summed E-state index contributed by atoms with van der Waals surface area (Å²) >= 11 is 0. The van der Waals surface area contributed by atoms with Gasteiger partial charge in [0.05, 0.1) is 12.4 Å². The first kappa shape index (κ1) is 10.6. The lowest BCUT2D eigenvalue weighted by atomic mass is 10.4. The molecule has 1 atom stereocenters. The van der Waals surface area contributed by atoms with E-state index in [4.69, 9.17) is 5.11 Å². The predicted molar refractivity (Wildman–Crippen MR) is 43.7 cm³/mol. The second-order valence-corrected chi connectivity index (χ2v) is 4.07. The van der Waals surface area contributed by atoms with E-state index in [0.717, 1.165) is 0 Å². The van der Waals surface area contributed by atoms with Crippen molar-refractivity contribution in [2.75, 3.05) is 12.4 Å². The molecule has 0 amide bonds. The molecular formula is C6H13NO3S. The molecule has 0 fully saturated rings. The second-order valence-electron chi connectivity index (χ2n) is 2.27. The van der Waals surface area contributed by atoms with Crippen molar-refractivity contribution >= 4 is 10.0 Å². The van der Waals surface area contributed by atoms with Gasteiger partial charge in [-0.15, -0.1) is 6.58 Å². The Bertz CT molecular complexity index is 210. The van der Waals surface area contributed by atoms with Gasteiger partial charge in [0.2, 0.25) is 10.0 Å². The van der Waals surface area contributed by atoms with Gasteiger partial charge in [-0.25, -0.2) is 13.1 Å². The number of hydrogen-bond donors (Lipinski definition) is 2. The molecular weight excluding hydrogens is 166 g/mol. The zero-order chi connectivity index (χ0) is 8.91. The van der Waals surface area contributed by atoms with Gasteiger partial charge in [-0.05, 0) is 6.92 Å². The first-order chi connectivity index (χ1) is 5.02. The van der Waals surface area contributed by atoms with Gasteiger partial charge < -0.3 is 5.11 Å². The summed E-state index contributed by atoms with van der Waals surface area (Å²) in [4.78, 5) is 0. The Kier molecular flexibility index (Phi) is 4.32. The molecule has 0 aromatic heterocycles. The average Bonchev–Trinajstić information content (AvgIpc) is 1.86. The second kappa shape index (κ2) is 4.48. The van der Waals surface area contributed by atoms with Crippen molar-refractivity contribution in [1.82, 2.24) is 4.72 Å². The van der Waals surface area contributed by atoms with Gasteiger partial charge in [0.15, 0.2) is 0 Å². The smallest absolute Gasteiger partial charge is 0.215 e. The monoisotopic (exact) mass is 179 g/mol. The third-order valence-electron chi connectivity index (χ3n) is 0.992. The Morgan fingerprint density at radius 2 is 2.27 bits per heavy atom. The van der Waals surface area contributed by atoms with Crippen LogP contribution < -0.4 is 4.72 Å². The fraction of sp³-hybridized carbons (Fsp3) is 0.667. The molecule has 0 aliphatic carbocycles. The van der Waals surface area contributed by atoms with Gasteiger partial charge in [-0.3, -0.25) is 0 Å². The quantitative estimate of drug-likeness (QED) is 0.558. The molecule has 0 aliphatic rings. The van der Waals surface area contributed by atoms with E-state index >= 15 is 0 Å². The van der Waals surface area contributed by atoms with Crippen molar-refractivity contribution < 1.29 is 13.5 Å². The Hall–Kier alpha value is -0.390. The summed E-state index contributed by atoms with van der Waals surface area (Å²) in [6.07, 6.45) is 1.30. The number of hydrogen-bond acceptors (Lipinski definition) is 3. The highest BCUT2D eigenvalue weighted by atomic mass is 32.2. The number of sulfonamides is 1. The summed E-state index contributed by atoms with van der Waals surface area (Å²) in [5.41, 5.74) is 0. The van der Waals surface area contributed by atoms with Crippen LogP contribution in [0.3, 0.4) is 0 Å². The van der Waals surface area contributed by atoms with Gasteiger partial charge in [0.1, 0.15) is 0 Å². The molecule has 5 heteroatoms. The van der Waals surface area contributed by atoms with E-state index in [9.17, 15) is 8.42 Å². The molecule has 0 rings (SSSR count). The molecule has 11 heavy (non-hydrogen) atoms. The topological polar surface area (TPSA) is 66.4 Å². The van der Waals surface area contributed by atoms with Crippen LogP contribution in [0.5, 0.6) is 0 Å². The lowest BCUT2D eigenvalue weighted by Crippen LogP contribution is -2.36. The fourth-order valence-corrected chi connectivity index (χ4v) is 1.64. The summed E-state index contributed by atoms with van der Waals surface area (Å²) in [6, 6.07) is -0.431. The third-order valence-corrected chi connectivity index (χ3v) is 2.43. The Labute approximate surface area is 67.0 Å². The highest BCUT2D eigenvalue weighted by Crippen LogP contribution is 1.88. The SMILES string of the molecule is C=CCS(=O)(=O)N[C@@H](C)CO. The van der Waals surface area contributed by atoms with Gasteiger partial charge in [0.25, 0.3) is 0 Å². The predicted octanol–water partition coefficient (Wildman–Crippen LogP) is -0.527. The molecule has 0 aromatic rings. The zero-order valence-electron chi connectivity index (χ0n) is 6.45. The maximum Gasteiger partial charge on any atom is 0.215 e. The first-order valence-corrected chi connectivity index (χ1v) is 4.89. The fourth-order valence-electron chi connectivity index (χ4n) is 0.547. The lowest BCUT2D eigenvalue weighted by molar-refractivity contribution is 0.265. The van der Waals surface area contributed by atoms with Crippen LogP contribution in [0.1, 0.15) is 6.92 Å². The summed E-state index contributed by atoms with van der Waals surface area (Å²) in [6.45, 7) is 4.68. The molecule has 0 saturated carbocycles. The standard InChI is InChI=1S/C6H13NO3S/c1-3-4-11(9,10)7-6(2)5-8/h3,6-8H,1,4-5H2,2H3/t6-/m0/s1. The molecule has 66 valence electrons. The highest BCUT2D eigenvalue weighted by molar-refractivity contribution is 7.89. The van der Waals surface area contributed by atoms with Crippen LogP contribution in [-0.2, 0) is 10.0 Å². The van der Waals surface area contributed by atoms with E-state index < -0.39 is 16.1 Å². The van der Waals surface area contributed by atoms with E-state index in [-0.39, 0.29) is 12.4 Å². The molecule has 4 nitrogen and oxygen atoms in total. The van der Waals surface area contributed by atoms with E-state index in [2.05, 4.69) is 11.3 Å². The maximum atomic E-state index is 10.9. The van der Waals surface area contributed by atoms with Gasteiger partial charge in [-0.1, -0.05) is 6.08 Å². The van der Waals surface area contributed by atoms with E-state index in [1.54, 1.807) is 6.92 Å². The first-order valence-electron chi connectivity index (χ1n) is 3.23. The maximum absolute atomic E-state index is 10.9. The van der Waals surface area contributed by atoms with Crippen LogP contribution in [0.4, 0.5) is 0 Å². The average molecular weight is 179 g/mol. The molecule has 0 aromatic carbocycles. The molecule has 0 bridgehead atoms. The normalized spacial score (nSPS) is 14.4. The minimum atomic E-state index is -3.27. The van der Waals surface area contributed by atoms with Crippen LogP contribution in [-0.4, -0.2) is 31.9 Å².